The molecule has 0 saturated carbocycles. The predicted molar refractivity (Wildman–Crippen MR) is 86.3 cm³/mol. The molecule has 0 heterocycles. The lowest BCUT2D eigenvalue weighted by Crippen LogP contribution is -2.26. The van der Waals surface area contributed by atoms with Crippen LogP contribution in [0.3, 0.4) is 0 Å². The maximum atomic E-state index is 12.2. The molecule has 2 aromatic rings. The van der Waals surface area contributed by atoms with Crippen molar-refractivity contribution in [2.24, 2.45) is 0 Å². The lowest BCUT2D eigenvalue weighted by molar-refractivity contribution is -0.119. The third-order valence-electron chi connectivity index (χ3n) is 3.40. The third kappa shape index (κ3) is 4.45. The molecule has 1 unspecified atom stereocenters. The molecule has 0 aliphatic heterocycles. The molecule has 4 heteroatoms. The zero-order valence-electron chi connectivity index (χ0n) is 12.8. The fourth-order valence-electron chi connectivity index (χ4n) is 2.11. The topological polar surface area (TPSA) is 58.2 Å². The van der Waals surface area contributed by atoms with E-state index in [9.17, 15) is 9.59 Å². The molecule has 2 amide bonds. The van der Waals surface area contributed by atoms with E-state index in [2.05, 4.69) is 10.6 Å². The number of rotatable bonds is 5. The van der Waals surface area contributed by atoms with Crippen LogP contribution >= 0.6 is 0 Å². The third-order valence-corrected chi connectivity index (χ3v) is 3.40. The minimum Gasteiger partial charge on any atom is -0.352 e. The lowest BCUT2D eigenvalue weighted by atomic mass is 10.1. The zero-order chi connectivity index (χ0) is 15.9. The van der Waals surface area contributed by atoms with E-state index in [1.807, 2.05) is 49.4 Å². The molecule has 2 aromatic carbocycles. The van der Waals surface area contributed by atoms with Gasteiger partial charge < -0.3 is 10.6 Å². The van der Waals surface area contributed by atoms with E-state index in [1.165, 1.54) is 6.92 Å². The van der Waals surface area contributed by atoms with Crippen LogP contribution in [0.25, 0.3) is 0 Å². The second kappa shape index (κ2) is 7.41. The van der Waals surface area contributed by atoms with Gasteiger partial charge in [-0.1, -0.05) is 42.5 Å². The van der Waals surface area contributed by atoms with Gasteiger partial charge in [-0.3, -0.25) is 9.59 Å². The van der Waals surface area contributed by atoms with Crippen molar-refractivity contribution in [2.45, 2.75) is 26.4 Å². The fourth-order valence-corrected chi connectivity index (χ4v) is 2.11. The number of amides is 2. The largest absolute Gasteiger partial charge is 0.352 e. The van der Waals surface area contributed by atoms with E-state index in [4.69, 9.17) is 0 Å². The molecule has 22 heavy (non-hydrogen) atoms. The van der Waals surface area contributed by atoms with Gasteiger partial charge >= 0.3 is 0 Å². The maximum absolute atomic E-state index is 12.2. The first-order valence-corrected chi connectivity index (χ1v) is 7.25. The zero-order valence-corrected chi connectivity index (χ0v) is 12.8. The van der Waals surface area contributed by atoms with Gasteiger partial charge in [0.2, 0.25) is 5.91 Å². The summed E-state index contributed by atoms with van der Waals surface area (Å²) in [6.07, 6.45) is 0. The highest BCUT2D eigenvalue weighted by Gasteiger charge is 2.11. The Morgan fingerprint density at radius 1 is 1.00 bits per heavy atom. The number of nitrogens with one attached hydrogen (secondary N) is 2. The van der Waals surface area contributed by atoms with Crippen molar-refractivity contribution in [1.29, 1.82) is 0 Å². The first-order valence-electron chi connectivity index (χ1n) is 7.25. The van der Waals surface area contributed by atoms with Crippen LogP contribution in [-0.2, 0) is 11.3 Å². The predicted octanol–water partition coefficient (Wildman–Crippen LogP) is 2.81. The molecule has 2 N–H and O–H groups in total. The molecule has 0 aliphatic rings. The van der Waals surface area contributed by atoms with E-state index >= 15 is 0 Å². The van der Waals surface area contributed by atoms with Crippen molar-refractivity contribution in [2.75, 3.05) is 0 Å². The van der Waals surface area contributed by atoms with Crippen LogP contribution in [0.1, 0.15) is 41.4 Å². The van der Waals surface area contributed by atoms with Gasteiger partial charge in [-0.05, 0) is 30.2 Å². The number of hydrogen-bond acceptors (Lipinski definition) is 2. The van der Waals surface area contributed by atoms with Crippen LogP contribution < -0.4 is 10.6 Å². The summed E-state index contributed by atoms with van der Waals surface area (Å²) in [5.74, 6) is -0.180. The lowest BCUT2D eigenvalue weighted by Gasteiger charge is -2.14. The smallest absolute Gasteiger partial charge is 0.251 e. The SMILES string of the molecule is CC(=O)NCc1ccc(C(=O)NC(C)c2ccccc2)cc1. The Bertz CT molecular complexity index is 636. The molecule has 1 atom stereocenters. The normalized spacial score (nSPS) is 11.5. The Labute approximate surface area is 130 Å². The molecule has 0 aromatic heterocycles. The van der Waals surface area contributed by atoms with E-state index in [0.29, 0.717) is 12.1 Å². The van der Waals surface area contributed by atoms with Crippen molar-refractivity contribution in [3.63, 3.8) is 0 Å². The van der Waals surface area contributed by atoms with Crippen LogP contribution in [0.15, 0.2) is 54.6 Å². The van der Waals surface area contributed by atoms with Crippen molar-refractivity contribution in [1.82, 2.24) is 10.6 Å². The summed E-state index contributed by atoms with van der Waals surface area (Å²) in [5, 5.41) is 5.70. The summed E-state index contributed by atoms with van der Waals surface area (Å²) in [5.41, 5.74) is 2.63. The standard InChI is InChI=1S/C18H20N2O2/c1-13(16-6-4-3-5-7-16)20-18(22)17-10-8-15(9-11-17)12-19-14(2)21/h3-11,13H,12H2,1-2H3,(H,19,21)(H,20,22). The first kappa shape index (κ1) is 15.8. The Morgan fingerprint density at radius 2 is 1.64 bits per heavy atom. The average Bonchev–Trinajstić information content (AvgIpc) is 2.54. The van der Waals surface area contributed by atoms with Gasteiger partial charge in [-0.25, -0.2) is 0 Å². The Hall–Kier alpha value is -2.62. The quantitative estimate of drug-likeness (QED) is 0.891. The van der Waals surface area contributed by atoms with Gasteiger partial charge in [-0.2, -0.15) is 0 Å². The van der Waals surface area contributed by atoms with Crippen LogP contribution in [0.2, 0.25) is 0 Å². The van der Waals surface area contributed by atoms with Gasteiger partial charge in [0.25, 0.3) is 5.91 Å². The molecule has 4 nitrogen and oxygen atoms in total. The van der Waals surface area contributed by atoms with Crippen LogP contribution in [0.4, 0.5) is 0 Å². The van der Waals surface area contributed by atoms with Gasteiger partial charge in [0.05, 0.1) is 6.04 Å². The second-order valence-electron chi connectivity index (χ2n) is 5.21. The van der Waals surface area contributed by atoms with Crippen LogP contribution in [0, 0.1) is 0 Å². The van der Waals surface area contributed by atoms with E-state index in [-0.39, 0.29) is 17.9 Å². The van der Waals surface area contributed by atoms with Crippen LogP contribution in [0.5, 0.6) is 0 Å². The molecule has 0 aliphatic carbocycles. The molecule has 0 saturated heterocycles. The van der Waals surface area contributed by atoms with Crippen molar-refractivity contribution in [3.05, 3.63) is 71.3 Å². The minimum atomic E-state index is -0.109. The average molecular weight is 296 g/mol. The van der Waals surface area contributed by atoms with Crippen molar-refractivity contribution >= 4 is 11.8 Å². The summed E-state index contributed by atoms with van der Waals surface area (Å²) in [4.78, 5) is 23.1. The summed E-state index contributed by atoms with van der Waals surface area (Å²) in [6.45, 7) is 3.91. The number of carbonyl (C=O) groups is 2. The molecule has 0 spiro atoms. The summed E-state index contributed by atoms with van der Waals surface area (Å²) in [6, 6.07) is 17.0. The molecule has 114 valence electrons. The maximum Gasteiger partial charge on any atom is 0.251 e. The van der Waals surface area contributed by atoms with Gasteiger partial charge in [0.1, 0.15) is 0 Å². The molecular formula is C18H20N2O2. The van der Waals surface area contributed by atoms with Gasteiger partial charge in [0.15, 0.2) is 0 Å². The molecule has 2 rings (SSSR count). The highest BCUT2D eigenvalue weighted by atomic mass is 16.2. The fraction of sp³-hybridized carbons (Fsp3) is 0.222. The van der Waals surface area contributed by atoms with Gasteiger partial charge in [0, 0.05) is 19.0 Å². The molecular weight excluding hydrogens is 276 g/mol. The van der Waals surface area contributed by atoms with E-state index in [0.717, 1.165) is 11.1 Å². The van der Waals surface area contributed by atoms with Crippen LogP contribution in [-0.4, -0.2) is 11.8 Å². The molecule has 0 radical (unpaired) electrons. The first-order chi connectivity index (χ1) is 10.6. The number of benzene rings is 2. The summed E-state index contributed by atoms with van der Waals surface area (Å²) in [7, 11) is 0. The Morgan fingerprint density at radius 3 is 2.23 bits per heavy atom. The highest BCUT2D eigenvalue weighted by Crippen LogP contribution is 2.12. The number of hydrogen-bond donors (Lipinski definition) is 2. The monoisotopic (exact) mass is 296 g/mol. The number of carbonyl (C=O) groups excluding carboxylic acids is 2. The van der Waals surface area contributed by atoms with Crippen molar-refractivity contribution in [3.8, 4) is 0 Å². The second-order valence-corrected chi connectivity index (χ2v) is 5.21. The molecule has 0 fully saturated rings. The molecule has 0 bridgehead atoms. The van der Waals surface area contributed by atoms with E-state index in [1.54, 1.807) is 12.1 Å². The van der Waals surface area contributed by atoms with E-state index < -0.39 is 0 Å². The summed E-state index contributed by atoms with van der Waals surface area (Å²) < 4.78 is 0. The minimum absolute atomic E-state index is 0.0484. The summed E-state index contributed by atoms with van der Waals surface area (Å²) >= 11 is 0. The Balaban J connectivity index is 1.96. The van der Waals surface area contributed by atoms with Crippen molar-refractivity contribution < 1.29 is 9.59 Å². The Kier molecular flexibility index (Phi) is 5.31. The van der Waals surface area contributed by atoms with Gasteiger partial charge in [-0.15, -0.1) is 0 Å². The highest BCUT2D eigenvalue weighted by molar-refractivity contribution is 5.94.